The van der Waals surface area contributed by atoms with E-state index in [0.717, 1.165) is 31.0 Å². The van der Waals surface area contributed by atoms with Gasteiger partial charge in [0.05, 0.1) is 14.2 Å². The molecule has 0 radical (unpaired) electrons. The van der Waals surface area contributed by atoms with E-state index in [-0.39, 0.29) is 12.4 Å². The number of ether oxygens (including phenoxy) is 2. The predicted octanol–water partition coefficient (Wildman–Crippen LogP) is 2.11. The van der Waals surface area contributed by atoms with Crippen molar-refractivity contribution in [1.82, 2.24) is 4.90 Å². The van der Waals surface area contributed by atoms with Gasteiger partial charge in [0, 0.05) is 13.1 Å². The van der Waals surface area contributed by atoms with Crippen molar-refractivity contribution in [3.63, 3.8) is 0 Å². The first-order valence-corrected chi connectivity index (χ1v) is 5.17. The molecule has 90 valence electrons. The van der Waals surface area contributed by atoms with E-state index < -0.39 is 0 Å². The van der Waals surface area contributed by atoms with Crippen molar-refractivity contribution in [1.29, 1.82) is 0 Å². The molecule has 0 bridgehead atoms. The molecular formula is C12H18ClNO2. The van der Waals surface area contributed by atoms with Crippen molar-refractivity contribution in [2.45, 2.75) is 13.0 Å². The van der Waals surface area contributed by atoms with Gasteiger partial charge in [0.2, 0.25) is 0 Å². The Balaban J connectivity index is 0.00000128. The van der Waals surface area contributed by atoms with E-state index in [4.69, 9.17) is 9.47 Å². The van der Waals surface area contributed by atoms with E-state index in [0.29, 0.717) is 0 Å². The molecule has 16 heavy (non-hydrogen) atoms. The highest BCUT2D eigenvalue weighted by molar-refractivity contribution is 5.85. The van der Waals surface area contributed by atoms with Crippen LogP contribution in [0.4, 0.5) is 0 Å². The Morgan fingerprint density at radius 3 is 2.19 bits per heavy atom. The lowest BCUT2D eigenvalue weighted by atomic mass is 9.99. The molecule has 0 saturated heterocycles. The molecule has 1 aromatic rings. The van der Waals surface area contributed by atoms with Gasteiger partial charge in [0.15, 0.2) is 11.5 Å². The normalized spacial score (nSPS) is 14.9. The summed E-state index contributed by atoms with van der Waals surface area (Å²) in [5.41, 5.74) is 2.73. The van der Waals surface area contributed by atoms with Crippen molar-refractivity contribution < 1.29 is 9.47 Å². The molecule has 0 aliphatic carbocycles. The van der Waals surface area contributed by atoms with E-state index >= 15 is 0 Å². The van der Waals surface area contributed by atoms with E-state index in [1.54, 1.807) is 14.2 Å². The number of halogens is 1. The molecular weight excluding hydrogens is 226 g/mol. The highest BCUT2D eigenvalue weighted by atomic mass is 35.5. The molecule has 0 amide bonds. The number of likely N-dealkylation sites (N-methyl/N-ethyl adjacent to an activating group) is 1. The first kappa shape index (κ1) is 13.1. The third-order valence-electron chi connectivity index (χ3n) is 2.91. The Bertz CT molecular complexity index is 368. The van der Waals surface area contributed by atoms with Crippen LogP contribution in [0.5, 0.6) is 11.5 Å². The topological polar surface area (TPSA) is 21.7 Å². The third kappa shape index (κ3) is 2.42. The summed E-state index contributed by atoms with van der Waals surface area (Å²) >= 11 is 0. The first-order valence-electron chi connectivity index (χ1n) is 5.17. The molecule has 0 unspecified atom stereocenters. The van der Waals surface area contributed by atoms with Crippen molar-refractivity contribution in [2.24, 2.45) is 0 Å². The molecule has 0 saturated carbocycles. The zero-order valence-corrected chi connectivity index (χ0v) is 10.8. The molecule has 0 N–H and O–H groups in total. The number of methoxy groups -OCH3 is 2. The van der Waals surface area contributed by atoms with Gasteiger partial charge in [-0.15, -0.1) is 12.4 Å². The van der Waals surface area contributed by atoms with Crippen LogP contribution in [0, 0.1) is 0 Å². The molecule has 1 aliphatic heterocycles. The SMILES string of the molecule is COc1cc2c(cc1OC)CN(C)CC2.Cl. The number of hydrogen-bond donors (Lipinski definition) is 0. The summed E-state index contributed by atoms with van der Waals surface area (Å²) in [5, 5.41) is 0. The lowest BCUT2D eigenvalue weighted by molar-refractivity contribution is 0.308. The Labute approximate surface area is 103 Å². The number of rotatable bonds is 2. The van der Waals surface area contributed by atoms with Crippen LogP contribution in [0.2, 0.25) is 0 Å². The van der Waals surface area contributed by atoms with Gasteiger partial charge >= 0.3 is 0 Å². The van der Waals surface area contributed by atoms with Crippen LogP contribution in [-0.2, 0) is 13.0 Å². The summed E-state index contributed by atoms with van der Waals surface area (Å²) in [4.78, 5) is 2.31. The average Bonchev–Trinajstić information content (AvgIpc) is 2.27. The molecule has 0 aromatic heterocycles. The zero-order chi connectivity index (χ0) is 10.8. The average molecular weight is 244 g/mol. The monoisotopic (exact) mass is 243 g/mol. The lowest BCUT2D eigenvalue weighted by Crippen LogP contribution is -2.26. The van der Waals surface area contributed by atoms with E-state index in [9.17, 15) is 0 Å². The van der Waals surface area contributed by atoms with Gasteiger partial charge in [-0.05, 0) is 36.7 Å². The van der Waals surface area contributed by atoms with Gasteiger partial charge in [0.25, 0.3) is 0 Å². The van der Waals surface area contributed by atoms with Crippen molar-refractivity contribution in [3.8, 4) is 11.5 Å². The summed E-state index contributed by atoms with van der Waals surface area (Å²) in [6, 6.07) is 4.19. The largest absolute Gasteiger partial charge is 0.493 e. The highest BCUT2D eigenvalue weighted by Gasteiger charge is 2.16. The van der Waals surface area contributed by atoms with Crippen LogP contribution in [0.15, 0.2) is 12.1 Å². The maximum absolute atomic E-state index is 5.29. The second kappa shape index (κ2) is 5.41. The molecule has 3 nitrogen and oxygen atoms in total. The second-order valence-electron chi connectivity index (χ2n) is 3.96. The van der Waals surface area contributed by atoms with E-state index in [1.807, 2.05) is 0 Å². The molecule has 0 fully saturated rings. The molecule has 4 heteroatoms. The van der Waals surface area contributed by atoms with E-state index in [1.165, 1.54) is 11.1 Å². The first-order chi connectivity index (χ1) is 7.24. The number of hydrogen-bond acceptors (Lipinski definition) is 3. The Morgan fingerprint density at radius 1 is 1.06 bits per heavy atom. The van der Waals surface area contributed by atoms with Gasteiger partial charge in [-0.1, -0.05) is 0 Å². The van der Waals surface area contributed by atoms with Crippen LogP contribution < -0.4 is 9.47 Å². The van der Waals surface area contributed by atoms with Crippen molar-refractivity contribution in [2.75, 3.05) is 27.8 Å². The molecule has 1 heterocycles. The summed E-state index contributed by atoms with van der Waals surface area (Å²) in [5.74, 6) is 1.66. The quantitative estimate of drug-likeness (QED) is 0.794. The zero-order valence-electron chi connectivity index (χ0n) is 9.95. The lowest BCUT2D eigenvalue weighted by Gasteiger charge is -2.26. The maximum Gasteiger partial charge on any atom is 0.161 e. The second-order valence-corrected chi connectivity index (χ2v) is 3.96. The standard InChI is InChI=1S/C12H17NO2.ClH/c1-13-5-4-9-6-11(14-2)12(15-3)7-10(9)8-13;/h6-7H,4-5,8H2,1-3H3;1H. The summed E-state index contributed by atoms with van der Waals surface area (Å²) in [6.45, 7) is 2.11. The Morgan fingerprint density at radius 2 is 1.62 bits per heavy atom. The van der Waals surface area contributed by atoms with Gasteiger partial charge in [-0.25, -0.2) is 0 Å². The molecule has 1 aromatic carbocycles. The number of nitrogens with zero attached hydrogens (tertiary/aromatic N) is 1. The maximum atomic E-state index is 5.29. The van der Waals surface area contributed by atoms with Crippen molar-refractivity contribution >= 4 is 12.4 Å². The number of fused-ring (bicyclic) bond motifs is 1. The molecule has 0 atom stereocenters. The third-order valence-corrected chi connectivity index (χ3v) is 2.91. The van der Waals surface area contributed by atoms with Crippen LogP contribution in [0.1, 0.15) is 11.1 Å². The molecule has 2 rings (SSSR count). The highest BCUT2D eigenvalue weighted by Crippen LogP contribution is 2.32. The van der Waals surface area contributed by atoms with E-state index in [2.05, 4.69) is 24.1 Å². The molecule has 0 spiro atoms. The fourth-order valence-electron chi connectivity index (χ4n) is 2.02. The van der Waals surface area contributed by atoms with Gasteiger partial charge in [-0.2, -0.15) is 0 Å². The smallest absolute Gasteiger partial charge is 0.161 e. The minimum Gasteiger partial charge on any atom is -0.493 e. The fraction of sp³-hybridized carbons (Fsp3) is 0.500. The van der Waals surface area contributed by atoms with Gasteiger partial charge < -0.3 is 14.4 Å². The van der Waals surface area contributed by atoms with Crippen LogP contribution in [0.3, 0.4) is 0 Å². The molecule has 1 aliphatic rings. The number of benzene rings is 1. The fourth-order valence-corrected chi connectivity index (χ4v) is 2.02. The Hall–Kier alpha value is -0.930. The van der Waals surface area contributed by atoms with Gasteiger partial charge in [0.1, 0.15) is 0 Å². The van der Waals surface area contributed by atoms with Crippen LogP contribution in [-0.4, -0.2) is 32.7 Å². The van der Waals surface area contributed by atoms with Gasteiger partial charge in [-0.3, -0.25) is 0 Å². The summed E-state index contributed by atoms with van der Waals surface area (Å²) < 4.78 is 10.6. The van der Waals surface area contributed by atoms with Crippen LogP contribution >= 0.6 is 12.4 Å². The van der Waals surface area contributed by atoms with Crippen molar-refractivity contribution in [3.05, 3.63) is 23.3 Å². The minimum absolute atomic E-state index is 0. The minimum atomic E-state index is 0. The van der Waals surface area contributed by atoms with Crippen LogP contribution in [0.25, 0.3) is 0 Å². The summed E-state index contributed by atoms with van der Waals surface area (Å²) in [7, 11) is 5.50. The summed E-state index contributed by atoms with van der Waals surface area (Å²) in [6.07, 6.45) is 1.09. The predicted molar refractivity (Wildman–Crippen MR) is 66.8 cm³/mol. The Kier molecular flexibility index (Phi) is 4.44.